The van der Waals surface area contributed by atoms with Crippen molar-refractivity contribution in [2.45, 2.75) is 44.2 Å². The number of nitrogens with zero attached hydrogens (tertiary/aromatic N) is 2. The minimum absolute atomic E-state index is 0.0990. The van der Waals surface area contributed by atoms with Gasteiger partial charge in [0, 0.05) is 12.8 Å². The Labute approximate surface area is 141 Å². The van der Waals surface area contributed by atoms with E-state index in [1.54, 1.807) is 6.92 Å². The summed E-state index contributed by atoms with van der Waals surface area (Å²) in [5.41, 5.74) is 3.98. The van der Waals surface area contributed by atoms with E-state index < -0.39 is 59.2 Å². The first-order valence-corrected chi connectivity index (χ1v) is 8.56. The molecule has 2 unspecified atom stereocenters. The van der Waals surface area contributed by atoms with E-state index in [0.29, 0.717) is 11.3 Å². The fraction of sp³-hybridized carbons (Fsp3) is 0.727. The van der Waals surface area contributed by atoms with E-state index in [2.05, 4.69) is 4.28 Å². The van der Waals surface area contributed by atoms with E-state index in [0.717, 1.165) is 0 Å². The molecule has 14 heteroatoms. The minimum atomic E-state index is -5.21. The number of piperidine rings is 1. The van der Waals surface area contributed by atoms with E-state index in [1.165, 1.54) is 0 Å². The molecule has 2 heterocycles. The molecule has 25 heavy (non-hydrogen) atoms. The molecule has 2 aliphatic rings. The van der Waals surface area contributed by atoms with Crippen LogP contribution in [0.15, 0.2) is 0 Å². The van der Waals surface area contributed by atoms with Crippen molar-refractivity contribution in [3.63, 3.8) is 0 Å². The SMILES string of the molecule is CCCC(=O)NNC(=O)C1CC(F)(F)C2CN1C(=O)N2OS(=O)(=O)O. The maximum atomic E-state index is 14.2. The molecule has 2 aliphatic heterocycles. The molecule has 2 fully saturated rings. The Bertz CT molecular complexity index is 686. The van der Waals surface area contributed by atoms with Crippen molar-refractivity contribution in [2.75, 3.05) is 6.54 Å². The number of carbonyl (C=O) groups excluding carboxylic acids is 3. The smallest absolute Gasteiger partial charge is 0.308 e. The van der Waals surface area contributed by atoms with Gasteiger partial charge in [0.1, 0.15) is 12.1 Å². The van der Waals surface area contributed by atoms with Crippen molar-refractivity contribution in [3.8, 4) is 0 Å². The molecule has 2 rings (SSSR count). The van der Waals surface area contributed by atoms with Gasteiger partial charge in [0.15, 0.2) is 0 Å². The maximum absolute atomic E-state index is 14.2. The molecular weight excluding hydrogens is 370 g/mol. The number of halogens is 2. The standard InChI is InChI=1S/C11H16F2N4O7S/c1-2-3-8(18)14-15-9(19)6-4-11(12,13)7-5-16(6)10(20)17(7)24-25(21,22)23/h6-7H,2-5H2,1H3,(H,14,18)(H,15,19)(H,21,22,23). The number of amides is 4. The van der Waals surface area contributed by atoms with Gasteiger partial charge in [-0.25, -0.2) is 13.6 Å². The number of urea groups is 1. The van der Waals surface area contributed by atoms with E-state index in [4.69, 9.17) is 4.55 Å². The van der Waals surface area contributed by atoms with E-state index in [9.17, 15) is 31.6 Å². The maximum Gasteiger partial charge on any atom is 0.418 e. The monoisotopic (exact) mass is 386 g/mol. The summed E-state index contributed by atoms with van der Waals surface area (Å²) in [5.74, 6) is -5.27. The summed E-state index contributed by atoms with van der Waals surface area (Å²) < 4.78 is 62.4. The van der Waals surface area contributed by atoms with Crippen molar-refractivity contribution in [3.05, 3.63) is 0 Å². The van der Waals surface area contributed by atoms with Gasteiger partial charge in [-0.2, -0.15) is 13.5 Å². The number of hydrogen-bond donors (Lipinski definition) is 3. The van der Waals surface area contributed by atoms with Gasteiger partial charge in [-0.05, 0) is 6.42 Å². The third kappa shape index (κ3) is 4.13. The lowest BCUT2D eigenvalue weighted by molar-refractivity contribution is -0.154. The van der Waals surface area contributed by atoms with Gasteiger partial charge >= 0.3 is 16.4 Å². The summed E-state index contributed by atoms with van der Waals surface area (Å²) in [6.07, 6.45) is -0.510. The van der Waals surface area contributed by atoms with Crippen molar-refractivity contribution in [1.29, 1.82) is 0 Å². The van der Waals surface area contributed by atoms with Crippen molar-refractivity contribution in [1.82, 2.24) is 20.8 Å². The van der Waals surface area contributed by atoms with Gasteiger partial charge in [0.2, 0.25) is 5.91 Å². The zero-order chi connectivity index (χ0) is 19.0. The summed E-state index contributed by atoms with van der Waals surface area (Å²) in [6.45, 7) is 1.03. The highest BCUT2D eigenvalue weighted by Gasteiger charge is 2.62. The molecule has 142 valence electrons. The number of carbonyl (C=O) groups is 3. The molecule has 0 aliphatic carbocycles. The van der Waals surface area contributed by atoms with Crippen LogP contribution in [0.5, 0.6) is 0 Å². The Kier molecular flexibility index (Phi) is 5.15. The summed E-state index contributed by atoms with van der Waals surface area (Å²) in [4.78, 5) is 36.1. The first kappa shape index (κ1) is 19.3. The number of hydrazine groups is 1. The first-order chi connectivity index (χ1) is 11.5. The quantitative estimate of drug-likeness (QED) is 0.413. The molecule has 2 atom stereocenters. The average molecular weight is 386 g/mol. The highest BCUT2D eigenvalue weighted by Crippen LogP contribution is 2.40. The van der Waals surface area contributed by atoms with E-state index in [-0.39, 0.29) is 11.5 Å². The van der Waals surface area contributed by atoms with Crippen LogP contribution in [0, 0.1) is 0 Å². The van der Waals surface area contributed by atoms with Crippen LogP contribution in [-0.2, 0) is 24.3 Å². The van der Waals surface area contributed by atoms with Crippen LogP contribution in [0.4, 0.5) is 13.6 Å². The zero-order valence-electron chi connectivity index (χ0n) is 12.9. The third-order valence-corrected chi connectivity index (χ3v) is 4.04. The van der Waals surface area contributed by atoms with E-state index >= 15 is 0 Å². The first-order valence-electron chi connectivity index (χ1n) is 7.19. The topological polar surface area (TPSA) is 145 Å². The van der Waals surface area contributed by atoms with Crippen LogP contribution < -0.4 is 10.9 Å². The second kappa shape index (κ2) is 6.68. The van der Waals surface area contributed by atoms with Gasteiger partial charge in [0.05, 0.1) is 6.54 Å². The molecule has 0 aromatic rings. The summed E-state index contributed by atoms with van der Waals surface area (Å²) in [6, 6.07) is -4.96. The second-order valence-corrected chi connectivity index (χ2v) is 6.55. The summed E-state index contributed by atoms with van der Waals surface area (Å²) in [5, 5.41) is -0.168. The number of alkyl halides is 2. The highest BCUT2D eigenvalue weighted by atomic mass is 32.3. The van der Waals surface area contributed by atoms with Crippen LogP contribution >= 0.6 is 0 Å². The number of hydroxylamine groups is 2. The Hall–Kier alpha value is -2.06. The predicted molar refractivity (Wildman–Crippen MR) is 74.9 cm³/mol. The average Bonchev–Trinajstić information content (AvgIpc) is 2.75. The molecule has 0 aromatic heterocycles. The largest absolute Gasteiger partial charge is 0.418 e. The molecule has 3 N–H and O–H groups in total. The van der Waals surface area contributed by atoms with Crippen LogP contribution in [0.1, 0.15) is 26.2 Å². The Morgan fingerprint density at radius 2 is 2.04 bits per heavy atom. The van der Waals surface area contributed by atoms with Crippen LogP contribution in [0.2, 0.25) is 0 Å². The fourth-order valence-electron chi connectivity index (χ4n) is 2.59. The molecule has 0 saturated carbocycles. The summed E-state index contributed by atoms with van der Waals surface area (Å²) in [7, 11) is -5.21. The lowest BCUT2D eigenvalue weighted by Crippen LogP contribution is -2.58. The van der Waals surface area contributed by atoms with Crippen LogP contribution in [0.3, 0.4) is 0 Å². The molecule has 0 aromatic carbocycles. The van der Waals surface area contributed by atoms with Crippen molar-refractivity contribution in [2.24, 2.45) is 0 Å². The minimum Gasteiger partial charge on any atom is -0.308 e. The molecule has 0 radical (unpaired) electrons. The molecule has 2 bridgehead atoms. The Balaban J connectivity index is 2.14. The lowest BCUT2D eigenvalue weighted by Gasteiger charge is -2.34. The number of rotatable bonds is 5. The second-order valence-electron chi connectivity index (χ2n) is 5.55. The normalized spacial score (nSPS) is 25.0. The van der Waals surface area contributed by atoms with Gasteiger partial charge in [-0.1, -0.05) is 6.92 Å². The number of fused-ring (bicyclic) bond motifs is 2. The summed E-state index contributed by atoms with van der Waals surface area (Å²) >= 11 is 0. The number of nitrogens with one attached hydrogen (secondary N) is 2. The van der Waals surface area contributed by atoms with Gasteiger partial charge in [-0.15, -0.1) is 4.28 Å². The van der Waals surface area contributed by atoms with Gasteiger partial charge in [-0.3, -0.25) is 25.0 Å². The zero-order valence-corrected chi connectivity index (χ0v) is 13.8. The molecule has 2 saturated heterocycles. The van der Waals surface area contributed by atoms with E-state index in [1.807, 2.05) is 10.9 Å². The predicted octanol–water partition coefficient (Wildman–Crippen LogP) is -0.818. The van der Waals surface area contributed by atoms with Crippen LogP contribution in [0.25, 0.3) is 0 Å². The van der Waals surface area contributed by atoms with Crippen molar-refractivity contribution >= 4 is 28.2 Å². The van der Waals surface area contributed by atoms with Crippen LogP contribution in [-0.4, -0.2) is 65.3 Å². The molecule has 4 amide bonds. The highest BCUT2D eigenvalue weighted by molar-refractivity contribution is 7.80. The molecular formula is C11H16F2N4O7S. The lowest BCUT2D eigenvalue weighted by atomic mass is 9.96. The number of hydrogen-bond acceptors (Lipinski definition) is 6. The van der Waals surface area contributed by atoms with Crippen molar-refractivity contribution < 1.29 is 40.4 Å². The Morgan fingerprint density at radius 1 is 1.40 bits per heavy atom. The Morgan fingerprint density at radius 3 is 2.60 bits per heavy atom. The third-order valence-electron chi connectivity index (χ3n) is 3.70. The molecule has 11 nitrogen and oxygen atoms in total. The van der Waals surface area contributed by atoms with Gasteiger partial charge < -0.3 is 4.90 Å². The van der Waals surface area contributed by atoms with Gasteiger partial charge in [0.25, 0.3) is 11.8 Å². The fourth-order valence-corrected chi connectivity index (χ4v) is 2.96. The molecule has 0 spiro atoms.